The Balaban J connectivity index is 2.32. The van der Waals surface area contributed by atoms with Crippen LogP contribution in [0, 0.1) is 0 Å². The second-order valence-electron chi connectivity index (χ2n) is 5.05. The molecule has 0 aliphatic rings. The number of thiazole rings is 1. The van der Waals surface area contributed by atoms with E-state index in [0.29, 0.717) is 6.04 Å². The standard InChI is InChI=1S/C15H28N4S/c1-5-7-8-9-12(3)18-15(16-4)17-10-13-11-20-14(6-2)19-13/h11-12H,5-10H2,1-4H3,(H2,16,17,18). The van der Waals surface area contributed by atoms with Gasteiger partial charge >= 0.3 is 0 Å². The molecule has 0 bridgehead atoms. The van der Waals surface area contributed by atoms with Gasteiger partial charge in [-0.15, -0.1) is 11.3 Å². The molecule has 114 valence electrons. The summed E-state index contributed by atoms with van der Waals surface area (Å²) in [5.41, 5.74) is 1.09. The fourth-order valence-corrected chi connectivity index (χ4v) is 2.71. The summed E-state index contributed by atoms with van der Waals surface area (Å²) < 4.78 is 0. The van der Waals surface area contributed by atoms with Gasteiger partial charge in [0, 0.05) is 18.5 Å². The average Bonchev–Trinajstić information content (AvgIpc) is 2.91. The topological polar surface area (TPSA) is 49.3 Å². The molecule has 0 spiro atoms. The summed E-state index contributed by atoms with van der Waals surface area (Å²) in [5, 5.41) is 10.1. The molecule has 0 fully saturated rings. The number of aryl methyl sites for hydroxylation is 1. The summed E-state index contributed by atoms with van der Waals surface area (Å²) in [4.78, 5) is 8.82. The molecule has 5 heteroatoms. The van der Waals surface area contributed by atoms with Crippen molar-refractivity contribution < 1.29 is 0 Å². The summed E-state index contributed by atoms with van der Waals surface area (Å²) in [7, 11) is 1.81. The zero-order valence-electron chi connectivity index (χ0n) is 13.2. The zero-order valence-corrected chi connectivity index (χ0v) is 14.0. The number of rotatable bonds is 8. The predicted molar refractivity (Wildman–Crippen MR) is 88.4 cm³/mol. The number of aromatic nitrogens is 1. The molecule has 4 nitrogen and oxygen atoms in total. The minimum atomic E-state index is 0.453. The lowest BCUT2D eigenvalue weighted by Gasteiger charge is -2.17. The minimum Gasteiger partial charge on any atom is -0.354 e. The van der Waals surface area contributed by atoms with Crippen molar-refractivity contribution in [1.29, 1.82) is 0 Å². The molecular formula is C15H28N4S. The average molecular weight is 296 g/mol. The second-order valence-corrected chi connectivity index (χ2v) is 6.00. The zero-order chi connectivity index (χ0) is 14.8. The van der Waals surface area contributed by atoms with Crippen LogP contribution in [0.3, 0.4) is 0 Å². The lowest BCUT2D eigenvalue weighted by molar-refractivity contribution is 0.546. The van der Waals surface area contributed by atoms with Gasteiger partial charge in [0.05, 0.1) is 17.2 Å². The molecule has 1 heterocycles. The second kappa shape index (κ2) is 9.75. The highest BCUT2D eigenvalue weighted by Crippen LogP contribution is 2.09. The fraction of sp³-hybridized carbons (Fsp3) is 0.733. The monoisotopic (exact) mass is 296 g/mol. The van der Waals surface area contributed by atoms with Crippen LogP contribution in [0.15, 0.2) is 10.4 Å². The summed E-state index contributed by atoms with van der Waals surface area (Å²) in [5.74, 6) is 0.861. The maximum Gasteiger partial charge on any atom is 0.191 e. The molecule has 0 saturated heterocycles. The molecule has 1 rings (SSSR count). The number of hydrogen-bond acceptors (Lipinski definition) is 3. The molecular weight excluding hydrogens is 268 g/mol. The Morgan fingerprint density at radius 3 is 2.80 bits per heavy atom. The van der Waals surface area contributed by atoms with Crippen LogP contribution in [0.25, 0.3) is 0 Å². The third-order valence-corrected chi connectivity index (χ3v) is 4.23. The van der Waals surface area contributed by atoms with Gasteiger partial charge in [-0.1, -0.05) is 33.1 Å². The highest BCUT2D eigenvalue weighted by atomic mass is 32.1. The van der Waals surface area contributed by atoms with E-state index in [4.69, 9.17) is 0 Å². The van der Waals surface area contributed by atoms with Crippen LogP contribution < -0.4 is 10.6 Å². The van der Waals surface area contributed by atoms with E-state index in [1.54, 1.807) is 11.3 Å². The molecule has 0 amide bonds. The van der Waals surface area contributed by atoms with Gasteiger partial charge in [-0.05, 0) is 19.8 Å². The van der Waals surface area contributed by atoms with Gasteiger partial charge in [0.2, 0.25) is 0 Å². The Morgan fingerprint density at radius 2 is 2.20 bits per heavy atom. The molecule has 1 aromatic heterocycles. The van der Waals surface area contributed by atoms with E-state index in [2.05, 4.69) is 46.8 Å². The smallest absolute Gasteiger partial charge is 0.191 e. The van der Waals surface area contributed by atoms with Gasteiger partial charge in [0.15, 0.2) is 5.96 Å². The van der Waals surface area contributed by atoms with Crippen LogP contribution in [0.1, 0.15) is 57.2 Å². The molecule has 0 aliphatic carbocycles. The Kier molecular flexibility index (Phi) is 8.26. The normalized spacial score (nSPS) is 13.3. The van der Waals surface area contributed by atoms with E-state index >= 15 is 0 Å². The van der Waals surface area contributed by atoms with E-state index in [1.165, 1.54) is 30.7 Å². The molecule has 0 radical (unpaired) electrons. The van der Waals surface area contributed by atoms with Crippen molar-refractivity contribution in [2.24, 2.45) is 4.99 Å². The SMILES string of the molecule is CCCCCC(C)NC(=NC)NCc1csc(CC)n1. The molecule has 0 aliphatic heterocycles. The van der Waals surface area contributed by atoms with Gasteiger partial charge in [-0.2, -0.15) is 0 Å². The first kappa shape index (κ1) is 17.0. The molecule has 1 unspecified atom stereocenters. The van der Waals surface area contributed by atoms with Crippen molar-refractivity contribution in [3.05, 3.63) is 16.1 Å². The molecule has 1 aromatic rings. The van der Waals surface area contributed by atoms with Gasteiger partial charge in [-0.3, -0.25) is 4.99 Å². The number of aliphatic imine (C=N–C) groups is 1. The Hall–Kier alpha value is -1.10. The lowest BCUT2D eigenvalue weighted by atomic mass is 10.1. The fourth-order valence-electron chi connectivity index (χ4n) is 1.97. The van der Waals surface area contributed by atoms with Crippen molar-refractivity contribution in [3.8, 4) is 0 Å². The van der Waals surface area contributed by atoms with Crippen LogP contribution in [0.5, 0.6) is 0 Å². The molecule has 0 aromatic carbocycles. The van der Waals surface area contributed by atoms with E-state index < -0.39 is 0 Å². The first-order valence-electron chi connectivity index (χ1n) is 7.60. The van der Waals surface area contributed by atoms with E-state index in [1.807, 2.05) is 7.05 Å². The van der Waals surface area contributed by atoms with Crippen LogP contribution >= 0.6 is 11.3 Å². The van der Waals surface area contributed by atoms with Crippen LogP contribution in [-0.4, -0.2) is 24.0 Å². The largest absolute Gasteiger partial charge is 0.354 e. The quantitative estimate of drug-likeness (QED) is 0.439. The molecule has 1 atom stereocenters. The highest BCUT2D eigenvalue weighted by molar-refractivity contribution is 7.09. The first-order chi connectivity index (χ1) is 9.69. The summed E-state index contributed by atoms with van der Waals surface area (Å²) in [6.07, 6.45) is 6.03. The summed E-state index contributed by atoms with van der Waals surface area (Å²) >= 11 is 1.72. The number of unbranched alkanes of at least 4 members (excludes halogenated alkanes) is 2. The van der Waals surface area contributed by atoms with Crippen LogP contribution in [-0.2, 0) is 13.0 Å². The Bertz CT molecular complexity index is 400. The number of hydrogen-bond donors (Lipinski definition) is 2. The van der Waals surface area contributed by atoms with E-state index in [0.717, 1.165) is 24.6 Å². The van der Waals surface area contributed by atoms with Gasteiger partial charge in [0.1, 0.15) is 0 Å². The van der Waals surface area contributed by atoms with Crippen molar-refractivity contribution in [2.75, 3.05) is 7.05 Å². The number of nitrogens with one attached hydrogen (secondary N) is 2. The Labute approximate surface area is 127 Å². The third kappa shape index (κ3) is 6.37. The maximum absolute atomic E-state index is 4.55. The third-order valence-electron chi connectivity index (χ3n) is 3.19. The van der Waals surface area contributed by atoms with E-state index in [-0.39, 0.29) is 0 Å². The van der Waals surface area contributed by atoms with Crippen molar-refractivity contribution in [3.63, 3.8) is 0 Å². The lowest BCUT2D eigenvalue weighted by Crippen LogP contribution is -2.41. The van der Waals surface area contributed by atoms with Crippen LogP contribution in [0.4, 0.5) is 0 Å². The predicted octanol–water partition coefficient (Wildman–Crippen LogP) is 3.34. The van der Waals surface area contributed by atoms with Crippen molar-refractivity contribution in [2.45, 2.75) is 65.5 Å². The number of guanidine groups is 1. The number of nitrogens with zero attached hydrogens (tertiary/aromatic N) is 2. The minimum absolute atomic E-state index is 0.453. The molecule has 0 saturated carbocycles. The van der Waals surface area contributed by atoms with Gasteiger partial charge < -0.3 is 10.6 Å². The van der Waals surface area contributed by atoms with Crippen LogP contribution in [0.2, 0.25) is 0 Å². The van der Waals surface area contributed by atoms with E-state index in [9.17, 15) is 0 Å². The van der Waals surface area contributed by atoms with Gasteiger partial charge in [-0.25, -0.2) is 4.98 Å². The Morgan fingerprint density at radius 1 is 1.40 bits per heavy atom. The highest BCUT2D eigenvalue weighted by Gasteiger charge is 2.06. The van der Waals surface area contributed by atoms with Crippen molar-refractivity contribution in [1.82, 2.24) is 15.6 Å². The summed E-state index contributed by atoms with van der Waals surface area (Å²) in [6.45, 7) is 7.31. The maximum atomic E-state index is 4.55. The van der Waals surface area contributed by atoms with Crippen molar-refractivity contribution >= 4 is 17.3 Å². The summed E-state index contributed by atoms with van der Waals surface area (Å²) in [6, 6.07) is 0.453. The molecule has 20 heavy (non-hydrogen) atoms. The molecule has 2 N–H and O–H groups in total. The first-order valence-corrected chi connectivity index (χ1v) is 8.48. The van der Waals surface area contributed by atoms with Gasteiger partial charge in [0.25, 0.3) is 0 Å².